The Labute approximate surface area is 123 Å². The highest BCUT2D eigenvalue weighted by Crippen LogP contribution is 2.09. The van der Waals surface area contributed by atoms with Crippen LogP contribution in [0.15, 0.2) is 24.3 Å². The lowest BCUT2D eigenvalue weighted by Gasteiger charge is -2.32. The maximum absolute atomic E-state index is 12.1. The fourth-order valence-electron chi connectivity index (χ4n) is 2.21. The quantitative estimate of drug-likeness (QED) is 0.885. The van der Waals surface area contributed by atoms with Crippen molar-refractivity contribution >= 4 is 12.0 Å². The predicted octanol–water partition coefficient (Wildman–Crippen LogP) is 1.71. The van der Waals surface area contributed by atoms with Crippen LogP contribution in [0, 0.1) is 0 Å². The molecule has 1 aromatic rings. The van der Waals surface area contributed by atoms with E-state index in [-0.39, 0.29) is 17.7 Å². The molecule has 0 radical (unpaired) electrons. The number of amides is 2. The van der Waals surface area contributed by atoms with Gasteiger partial charge in [-0.1, -0.05) is 19.1 Å². The predicted molar refractivity (Wildman–Crippen MR) is 77.2 cm³/mol. The van der Waals surface area contributed by atoms with Gasteiger partial charge < -0.3 is 20.1 Å². The molecule has 2 N–H and O–H groups in total. The highest BCUT2D eigenvalue weighted by atomic mass is 16.5. The van der Waals surface area contributed by atoms with E-state index in [1.54, 1.807) is 17.0 Å². The Bertz CT molecular complexity index is 501. The highest BCUT2D eigenvalue weighted by molar-refractivity contribution is 5.87. The largest absolute Gasteiger partial charge is 0.478 e. The van der Waals surface area contributed by atoms with Gasteiger partial charge >= 0.3 is 12.0 Å². The van der Waals surface area contributed by atoms with Crippen molar-refractivity contribution in [2.45, 2.75) is 26.0 Å². The molecule has 1 aromatic carbocycles. The van der Waals surface area contributed by atoms with E-state index in [0.717, 1.165) is 12.0 Å². The van der Waals surface area contributed by atoms with Gasteiger partial charge in [-0.3, -0.25) is 0 Å². The Morgan fingerprint density at radius 1 is 1.38 bits per heavy atom. The van der Waals surface area contributed by atoms with Crippen LogP contribution in [0.4, 0.5) is 4.79 Å². The van der Waals surface area contributed by atoms with E-state index in [4.69, 9.17) is 9.84 Å². The van der Waals surface area contributed by atoms with Crippen molar-refractivity contribution in [3.63, 3.8) is 0 Å². The number of hydrogen-bond acceptors (Lipinski definition) is 3. The standard InChI is InChI=1S/C15H20N2O4/c1-2-13-10-17(7-8-21-13)15(20)16-9-11-3-5-12(6-4-11)14(18)19/h3-6,13H,2,7-10H2,1H3,(H,16,20)(H,18,19). The van der Waals surface area contributed by atoms with Crippen molar-refractivity contribution in [3.8, 4) is 0 Å². The summed E-state index contributed by atoms with van der Waals surface area (Å²) in [6, 6.07) is 6.37. The Hall–Kier alpha value is -2.08. The number of nitrogens with zero attached hydrogens (tertiary/aromatic N) is 1. The molecule has 0 spiro atoms. The second kappa shape index (κ2) is 7.08. The van der Waals surface area contributed by atoms with Crippen LogP contribution in [-0.2, 0) is 11.3 Å². The number of rotatable bonds is 4. The normalized spacial score (nSPS) is 18.3. The summed E-state index contributed by atoms with van der Waals surface area (Å²) in [5.41, 5.74) is 1.11. The number of ether oxygens (including phenoxy) is 1. The van der Waals surface area contributed by atoms with Crippen molar-refractivity contribution in [3.05, 3.63) is 35.4 Å². The summed E-state index contributed by atoms with van der Waals surface area (Å²) in [6.45, 7) is 4.20. The number of carbonyl (C=O) groups is 2. The van der Waals surface area contributed by atoms with Crippen LogP contribution in [0.25, 0.3) is 0 Å². The van der Waals surface area contributed by atoms with Crippen LogP contribution < -0.4 is 5.32 Å². The number of carboxylic acids is 1. The van der Waals surface area contributed by atoms with E-state index in [0.29, 0.717) is 26.2 Å². The zero-order chi connectivity index (χ0) is 15.2. The summed E-state index contributed by atoms with van der Waals surface area (Å²) < 4.78 is 5.53. The van der Waals surface area contributed by atoms with Crippen LogP contribution in [0.1, 0.15) is 29.3 Å². The molecule has 0 saturated carbocycles. The molecule has 1 atom stereocenters. The minimum atomic E-state index is -0.954. The molecule has 1 unspecified atom stereocenters. The topological polar surface area (TPSA) is 78.9 Å². The molecule has 2 amide bonds. The molecule has 1 fully saturated rings. The molecular formula is C15H20N2O4. The molecular weight excluding hydrogens is 272 g/mol. The van der Waals surface area contributed by atoms with E-state index in [9.17, 15) is 9.59 Å². The third-order valence-corrected chi connectivity index (χ3v) is 3.53. The van der Waals surface area contributed by atoms with E-state index >= 15 is 0 Å². The lowest BCUT2D eigenvalue weighted by molar-refractivity contribution is -0.0154. The summed E-state index contributed by atoms with van der Waals surface area (Å²) >= 11 is 0. The van der Waals surface area contributed by atoms with E-state index in [2.05, 4.69) is 5.32 Å². The van der Waals surface area contributed by atoms with E-state index < -0.39 is 5.97 Å². The van der Waals surface area contributed by atoms with Gasteiger partial charge in [-0.15, -0.1) is 0 Å². The van der Waals surface area contributed by atoms with Gasteiger partial charge in [-0.05, 0) is 24.1 Å². The Morgan fingerprint density at radius 3 is 2.71 bits per heavy atom. The van der Waals surface area contributed by atoms with Gasteiger partial charge in [0.1, 0.15) is 0 Å². The molecule has 1 heterocycles. The SMILES string of the molecule is CCC1CN(C(=O)NCc2ccc(C(=O)O)cc2)CCO1. The molecule has 114 valence electrons. The fraction of sp³-hybridized carbons (Fsp3) is 0.467. The molecule has 0 aromatic heterocycles. The van der Waals surface area contributed by atoms with Crippen molar-refractivity contribution in [1.82, 2.24) is 10.2 Å². The molecule has 0 aliphatic carbocycles. The van der Waals surface area contributed by atoms with Crippen LogP contribution in [0.3, 0.4) is 0 Å². The maximum Gasteiger partial charge on any atom is 0.335 e. The molecule has 6 nitrogen and oxygen atoms in total. The van der Waals surface area contributed by atoms with Crippen LogP contribution in [0.2, 0.25) is 0 Å². The zero-order valence-electron chi connectivity index (χ0n) is 12.0. The number of morpholine rings is 1. The van der Waals surface area contributed by atoms with Crippen LogP contribution in [-0.4, -0.2) is 47.8 Å². The van der Waals surface area contributed by atoms with Gasteiger partial charge in [0, 0.05) is 19.6 Å². The summed E-state index contributed by atoms with van der Waals surface area (Å²) in [7, 11) is 0. The number of nitrogens with one attached hydrogen (secondary N) is 1. The molecule has 1 saturated heterocycles. The first-order chi connectivity index (χ1) is 10.1. The lowest BCUT2D eigenvalue weighted by atomic mass is 10.1. The third kappa shape index (κ3) is 4.19. The van der Waals surface area contributed by atoms with Gasteiger partial charge in [0.2, 0.25) is 0 Å². The van der Waals surface area contributed by atoms with Crippen LogP contribution >= 0.6 is 0 Å². The summed E-state index contributed by atoms with van der Waals surface area (Å²) in [5.74, 6) is -0.954. The van der Waals surface area contributed by atoms with E-state index in [1.807, 2.05) is 6.92 Å². The number of carboxylic acid groups (broad SMARTS) is 1. The van der Waals surface area contributed by atoms with Gasteiger partial charge in [-0.2, -0.15) is 0 Å². The zero-order valence-corrected chi connectivity index (χ0v) is 12.0. The Morgan fingerprint density at radius 2 is 2.10 bits per heavy atom. The first kappa shape index (κ1) is 15.3. The summed E-state index contributed by atoms with van der Waals surface area (Å²) in [5, 5.41) is 11.7. The first-order valence-corrected chi connectivity index (χ1v) is 7.06. The first-order valence-electron chi connectivity index (χ1n) is 7.06. The lowest BCUT2D eigenvalue weighted by Crippen LogP contribution is -2.49. The molecule has 1 aliphatic heterocycles. The van der Waals surface area contributed by atoms with Crippen molar-refractivity contribution in [2.24, 2.45) is 0 Å². The van der Waals surface area contributed by atoms with Gasteiger partial charge in [0.15, 0.2) is 0 Å². The smallest absolute Gasteiger partial charge is 0.335 e. The highest BCUT2D eigenvalue weighted by Gasteiger charge is 2.22. The van der Waals surface area contributed by atoms with Gasteiger partial charge in [0.25, 0.3) is 0 Å². The number of urea groups is 1. The minimum absolute atomic E-state index is 0.111. The third-order valence-electron chi connectivity index (χ3n) is 3.53. The minimum Gasteiger partial charge on any atom is -0.478 e. The van der Waals surface area contributed by atoms with E-state index in [1.165, 1.54) is 12.1 Å². The Balaban J connectivity index is 1.84. The molecule has 1 aliphatic rings. The van der Waals surface area contributed by atoms with Crippen LogP contribution in [0.5, 0.6) is 0 Å². The summed E-state index contributed by atoms with van der Waals surface area (Å²) in [4.78, 5) is 24.6. The van der Waals surface area contributed by atoms with Crippen molar-refractivity contribution in [1.29, 1.82) is 0 Å². The second-order valence-electron chi connectivity index (χ2n) is 5.01. The monoisotopic (exact) mass is 292 g/mol. The number of hydrogen-bond donors (Lipinski definition) is 2. The number of carbonyl (C=O) groups excluding carboxylic acids is 1. The van der Waals surface area contributed by atoms with Gasteiger partial charge in [-0.25, -0.2) is 9.59 Å². The fourth-order valence-corrected chi connectivity index (χ4v) is 2.21. The molecule has 0 bridgehead atoms. The molecule has 2 rings (SSSR count). The maximum atomic E-state index is 12.1. The average Bonchev–Trinajstić information content (AvgIpc) is 2.53. The summed E-state index contributed by atoms with van der Waals surface area (Å²) in [6.07, 6.45) is 1.000. The number of aromatic carboxylic acids is 1. The second-order valence-corrected chi connectivity index (χ2v) is 5.01. The van der Waals surface area contributed by atoms with Gasteiger partial charge in [0.05, 0.1) is 18.3 Å². The van der Waals surface area contributed by atoms with Crippen molar-refractivity contribution < 1.29 is 19.4 Å². The molecule has 6 heteroatoms. The number of benzene rings is 1. The van der Waals surface area contributed by atoms with Crippen molar-refractivity contribution in [2.75, 3.05) is 19.7 Å². The molecule has 21 heavy (non-hydrogen) atoms. The average molecular weight is 292 g/mol. The Kier molecular flexibility index (Phi) is 5.16.